The molecule has 23 heavy (non-hydrogen) atoms. The summed E-state index contributed by atoms with van der Waals surface area (Å²) in [5.41, 5.74) is 1.66. The van der Waals surface area contributed by atoms with Crippen LogP contribution in [0.4, 0.5) is 0 Å². The van der Waals surface area contributed by atoms with Crippen molar-refractivity contribution in [3.8, 4) is 0 Å². The Morgan fingerprint density at radius 2 is 2.26 bits per heavy atom. The van der Waals surface area contributed by atoms with Crippen molar-refractivity contribution >= 4 is 17.5 Å². The summed E-state index contributed by atoms with van der Waals surface area (Å²) in [6.45, 7) is 6.49. The molecule has 1 atom stereocenters. The molecule has 1 amide bonds. The van der Waals surface area contributed by atoms with Gasteiger partial charge in [0.1, 0.15) is 5.82 Å². The molecule has 0 N–H and O–H groups in total. The summed E-state index contributed by atoms with van der Waals surface area (Å²) in [4.78, 5) is 19.2. The molecule has 0 saturated carbocycles. The van der Waals surface area contributed by atoms with Crippen molar-refractivity contribution < 1.29 is 4.79 Å². The molecule has 1 aliphatic heterocycles. The number of aromatic nitrogens is 2. The quantitative estimate of drug-likeness (QED) is 0.856. The van der Waals surface area contributed by atoms with Crippen LogP contribution in [-0.4, -0.2) is 33.4 Å². The maximum atomic E-state index is 12.8. The first-order valence-electron chi connectivity index (χ1n) is 8.16. The highest BCUT2D eigenvalue weighted by Crippen LogP contribution is 2.27. The van der Waals surface area contributed by atoms with Crippen molar-refractivity contribution in [2.75, 3.05) is 13.1 Å². The van der Waals surface area contributed by atoms with Crippen molar-refractivity contribution in [1.82, 2.24) is 14.5 Å². The Morgan fingerprint density at radius 1 is 1.43 bits per heavy atom. The molecule has 3 rings (SSSR count). The van der Waals surface area contributed by atoms with Gasteiger partial charge in [0.2, 0.25) is 0 Å². The van der Waals surface area contributed by atoms with Crippen LogP contribution in [0.2, 0.25) is 5.02 Å². The summed E-state index contributed by atoms with van der Waals surface area (Å²) < 4.78 is 2.17. The summed E-state index contributed by atoms with van der Waals surface area (Å²) in [7, 11) is 0. The number of piperidine rings is 1. The van der Waals surface area contributed by atoms with Gasteiger partial charge in [-0.2, -0.15) is 0 Å². The minimum absolute atomic E-state index is 0.0613. The van der Waals surface area contributed by atoms with Gasteiger partial charge in [-0.15, -0.1) is 0 Å². The number of likely N-dealkylation sites (tertiary alicyclic amines) is 1. The van der Waals surface area contributed by atoms with Crippen LogP contribution in [0.15, 0.2) is 30.6 Å². The van der Waals surface area contributed by atoms with E-state index in [1.165, 1.54) is 0 Å². The molecule has 1 aliphatic rings. The van der Waals surface area contributed by atoms with Crippen molar-refractivity contribution in [3.05, 3.63) is 52.6 Å². The van der Waals surface area contributed by atoms with Gasteiger partial charge in [-0.3, -0.25) is 4.79 Å². The fourth-order valence-corrected chi connectivity index (χ4v) is 3.41. The van der Waals surface area contributed by atoms with Crippen LogP contribution in [0.5, 0.6) is 0 Å². The Kier molecular flexibility index (Phi) is 4.71. The fourth-order valence-electron chi connectivity index (χ4n) is 3.23. The lowest BCUT2D eigenvalue weighted by molar-refractivity contribution is 0.0703. The second kappa shape index (κ2) is 6.75. The molecule has 1 unspecified atom stereocenters. The molecule has 0 aliphatic carbocycles. The van der Waals surface area contributed by atoms with Crippen molar-refractivity contribution in [2.45, 2.75) is 39.2 Å². The zero-order valence-corrected chi connectivity index (χ0v) is 14.4. The number of carbonyl (C=O) groups excluding carboxylic acids is 1. The molecular weight excluding hydrogens is 310 g/mol. The average Bonchev–Trinajstić information content (AvgIpc) is 3.05. The number of benzene rings is 1. The van der Waals surface area contributed by atoms with Crippen LogP contribution < -0.4 is 0 Å². The normalized spacial score (nSPS) is 18.2. The van der Waals surface area contributed by atoms with E-state index < -0.39 is 0 Å². The standard InChI is InChI=1S/C18H22ClN3O/c1-3-21-10-8-20-17(21)15-5-4-9-22(12-15)18(23)14-7-6-13(2)16(19)11-14/h6-8,10-11,15H,3-5,9,12H2,1-2H3. The highest BCUT2D eigenvalue weighted by atomic mass is 35.5. The van der Waals surface area contributed by atoms with E-state index in [-0.39, 0.29) is 5.91 Å². The topological polar surface area (TPSA) is 38.1 Å². The van der Waals surface area contributed by atoms with E-state index in [9.17, 15) is 4.79 Å². The van der Waals surface area contributed by atoms with E-state index in [1.54, 1.807) is 6.07 Å². The van der Waals surface area contributed by atoms with E-state index >= 15 is 0 Å². The number of nitrogens with zero attached hydrogens (tertiary/aromatic N) is 3. The largest absolute Gasteiger partial charge is 0.338 e. The van der Waals surface area contributed by atoms with Crippen LogP contribution in [0.25, 0.3) is 0 Å². The third-order valence-corrected chi connectivity index (χ3v) is 4.99. The van der Waals surface area contributed by atoms with E-state index in [1.807, 2.05) is 36.4 Å². The maximum Gasteiger partial charge on any atom is 0.253 e. The van der Waals surface area contributed by atoms with Crippen molar-refractivity contribution in [1.29, 1.82) is 0 Å². The second-order valence-electron chi connectivity index (χ2n) is 6.13. The van der Waals surface area contributed by atoms with Gasteiger partial charge < -0.3 is 9.47 Å². The molecule has 122 valence electrons. The van der Waals surface area contributed by atoms with Gasteiger partial charge in [0.15, 0.2) is 0 Å². The number of imidazole rings is 1. The first kappa shape index (κ1) is 16.1. The lowest BCUT2D eigenvalue weighted by atomic mass is 9.96. The van der Waals surface area contributed by atoms with Gasteiger partial charge in [-0.25, -0.2) is 4.98 Å². The van der Waals surface area contributed by atoms with E-state index in [0.29, 0.717) is 16.5 Å². The number of amides is 1. The average molecular weight is 332 g/mol. The third kappa shape index (κ3) is 3.27. The van der Waals surface area contributed by atoms with E-state index in [4.69, 9.17) is 11.6 Å². The molecular formula is C18H22ClN3O. The highest BCUT2D eigenvalue weighted by molar-refractivity contribution is 6.31. The summed E-state index contributed by atoms with van der Waals surface area (Å²) >= 11 is 6.16. The van der Waals surface area contributed by atoms with Crippen molar-refractivity contribution in [3.63, 3.8) is 0 Å². The second-order valence-corrected chi connectivity index (χ2v) is 6.53. The summed E-state index contributed by atoms with van der Waals surface area (Å²) in [5, 5.41) is 0.644. The summed E-state index contributed by atoms with van der Waals surface area (Å²) in [6, 6.07) is 5.54. The van der Waals surface area contributed by atoms with E-state index in [0.717, 1.165) is 43.9 Å². The predicted octanol–water partition coefficient (Wildman–Crippen LogP) is 3.88. The molecule has 4 nitrogen and oxygen atoms in total. The molecule has 1 aromatic carbocycles. The van der Waals surface area contributed by atoms with Gasteiger partial charge in [0.05, 0.1) is 0 Å². The minimum atomic E-state index is 0.0613. The predicted molar refractivity (Wildman–Crippen MR) is 92.0 cm³/mol. The molecule has 0 spiro atoms. The van der Waals surface area contributed by atoms with Gasteiger partial charge in [-0.05, 0) is 44.4 Å². The SMILES string of the molecule is CCn1ccnc1C1CCCN(C(=O)c2ccc(C)c(Cl)c2)C1. The Labute approximate surface area is 142 Å². The molecule has 2 heterocycles. The third-order valence-electron chi connectivity index (χ3n) is 4.58. The smallest absolute Gasteiger partial charge is 0.253 e. The molecule has 0 radical (unpaired) electrons. The Balaban J connectivity index is 1.78. The number of rotatable bonds is 3. The monoisotopic (exact) mass is 331 g/mol. The zero-order chi connectivity index (χ0) is 16.4. The fraction of sp³-hybridized carbons (Fsp3) is 0.444. The van der Waals surface area contributed by atoms with Crippen LogP contribution in [0, 0.1) is 6.92 Å². The van der Waals surface area contributed by atoms with Crippen LogP contribution in [0.3, 0.4) is 0 Å². The maximum absolute atomic E-state index is 12.8. The molecule has 5 heteroatoms. The van der Waals surface area contributed by atoms with E-state index in [2.05, 4.69) is 16.5 Å². The van der Waals surface area contributed by atoms with Crippen LogP contribution in [-0.2, 0) is 6.54 Å². The molecule has 2 aromatic rings. The number of hydrogen-bond acceptors (Lipinski definition) is 2. The molecule has 1 saturated heterocycles. The first-order valence-corrected chi connectivity index (χ1v) is 8.54. The molecule has 0 bridgehead atoms. The van der Waals surface area contributed by atoms with Gasteiger partial charge >= 0.3 is 0 Å². The van der Waals surface area contributed by atoms with Crippen molar-refractivity contribution in [2.24, 2.45) is 0 Å². The lowest BCUT2D eigenvalue weighted by Gasteiger charge is -2.32. The number of hydrogen-bond donors (Lipinski definition) is 0. The van der Waals surface area contributed by atoms with Gasteiger partial charge in [-0.1, -0.05) is 17.7 Å². The minimum Gasteiger partial charge on any atom is -0.338 e. The Bertz CT molecular complexity index is 710. The van der Waals surface area contributed by atoms with Gasteiger partial charge in [0, 0.05) is 48.5 Å². The van der Waals surface area contributed by atoms with Gasteiger partial charge in [0.25, 0.3) is 5.91 Å². The van der Waals surface area contributed by atoms with Crippen LogP contribution in [0.1, 0.15) is 47.4 Å². The highest BCUT2D eigenvalue weighted by Gasteiger charge is 2.27. The molecule has 1 aromatic heterocycles. The van der Waals surface area contributed by atoms with Crippen LogP contribution >= 0.6 is 11.6 Å². The molecule has 1 fully saturated rings. The zero-order valence-electron chi connectivity index (χ0n) is 13.6. The number of aryl methyl sites for hydroxylation is 2. The number of carbonyl (C=O) groups is 1. The Hall–Kier alpha value is -1.81. The summed E-state index contributed by atoms with van der Waals surface area (Å²) in [5.74, 6) is 1.46. The first-order chi connectivity index (χ1) is 11.1. The lowest BCUT2D eigenvalue weighted by Crippen LogP contribution is -2.39. The Morgan fingerprint density at radius 3 is 3.00 bits per heavy atom. The summed E-state index contributed by atoms with van der Waals surface area (Å²) in [6.07, 6.45) is 5.94. The number of halogens is 1.